The van der Waals surface area contributed by atoms with E-state index in [1.54, 1.807) is 43.3 Å². The molecular weight excluding hydrogens is 457 g/mol. The first kappa shape index (κ1) is 23.7. The van der Waals surface area contributed by atoms with Crippen LogP contribution < -0.4 is 0 Å². The summed E-state index contributed by atoms with van der Waals surface area (Å²) in [6.07, 6.45) is 1.60. The molecule has 1 amide bonds. The zero-order valence-electron chi connectivity index (χ0n) is 19.1. The zero-order chi connectivity index (χ0) is 25.1. The van der Waals surface area contributed by atoms with Crippen LogP contribution in [-0.4, -0.2) is 43.7 Å². The van der Waals surface area contributed by atoms with Crippen LogP contribution in [0.15, 0.2) is 59.8 Å². The summed E-state index contributed by atoms with van der Waals surface area (Å²) in [6.45, 7) is 3.09. The van der Waals surface area contributed by atoms with Gasteiger partial charge in [-0.25, -0.2) is 23.7 Å². The third-order valence-electron chi connectivity index (χ3n) is 5.71. The fourth-order valence-corrected chi connectivity index (χ4v) is 3.91. The molecule has 2 heterocycles. The van der Waals surface area contributed by atoms with E-state index in [1.807, 2.05) is 0 Å². The molecule has 1 aliphatic heterocycles. The quantitative estimate of drug-likeness (QED) is 0.289. The molecular formula is C24H22FN5O5. The van der Waals surface area contributed by atoms with Crippen LogP contribution in [0.5, 0.6) is 0 Å². The number of imidazole rings is 1. The molecule has 0 saturated heterocycles. The topological polar surface area (TPSA) is 120 Å². The number of aromatic nitrogens is 2. The lowest BCUT2D eigenvalue weighted by atomic mass is 9.97. The van der Waals surface area contributed by atoms with Gasteiger partial charge in [0.15, 0.2) is 5.82 Å². The molecule has 1 aliphatic rings. The Morgan fingerprint density at radius 2 is 1.86 bits per heavy atom. The van der Waals surface area contributed by atoms with Crippen LogP contribution in [0.1, 0.15) is 46.7 Å². The molecule has 2 aromatic carbocycles. The molecule has 35 heavy (non-hydrogen) atoms. The largest absolute Gasteiger partial charge is 0.458 e. The molecule has 180 valence electrons. The molecule has 0 spiro atoms. The number of benzene rings is 2. The standard InChI is InChI=1S/C24H22FN5O5/c1-15-26-14-23(30(33)34)28(15)11-12-35-24(32)19-5-3-18(4-6-19)22-13-21(27-29(22)16(2)31)17-7-9-20(25)10-8-17/h3-10,14,22H,11-13H2,1-2H3. The number of halogens is 1. The molecule has 0 radical (unpaired) electrons. The monoisotopic (exact) mass is 479 g/mol. The Hall–Kier alpha value is -4.41. The number of nitro groups is 1. The van der Waals surface area contributed by atoms with E-state index in [9.17, 15) is 24.1 Å². The Kier molecular flexibility index (Phi) is 6.67. The average molecular weight is 479 g/mol. The van der Waals surface area contributed by atoms with Gasteiger partial charge in [-0.3, -0.25) is 4.79 Å². The molecule has 1 unspecified atom stereocenters. The summed E-state index contributed by atoms with van der Waals surface area (Å²) in [5.74, 6) is -0.884. The summed E-state index contributed by atoms with van der Waals surface area (Å²) in [7, 11) is 0. The van der Waals surface area contributed by atoms with Crippen molar-refractivity contribution < 1.29 is 23.6 Å². The van der Waals surface area contributed by atoms with Crippen molar-refractivity contribution in [3.63, 3.8) is 0 Å². The maximum atomic E-state index is 13.3. The number of aryl methyl sites for hydroxylation is 1. The van der Waals surface area contributed by atoms with Gasteiger partial charge in [0.1, 0.15) is 25.2 Å². The van der Waals surface area contributed by atoms with Crippen molar-refractivity contribution in [1.29, 1.82) is 0 Å². The second-order valence-corrected chi connectivity index (χ2v) is 7.97. The summed E-state index contributed by atoms with van der Waals surface area (Å²) in [5, 5.41) is 16.9. The highest BCUT2D eigenvalue weighted by molar-refractivity contribution is 6.03. The van der Waals surface area contributed by atoms with E-state index in [-0.39, 0.29) is 36.7 Å². The van der Waals surface area contributed by atoms with Crippen molar-refractivity contribution in [3.05, 3.63) is 93.2 Å². The normalized spacial score (nSPS) is 15.1. The van der Waals surface area contributed by atoms with Crippen molar-refractivity contribution in [2.75, 3.05) is 6.61 Å². The minimum atomic E-state index is -0.574. The van der Waals surface area contributed by atoms with Gasteiger partial charge < -0.3 is 14.9 Å². The van der Waals surface area contributed by atoms with Crippen molar-refractivity contribution in [2.24, 2.45) is 5.10 Å². The molecule has 11 heteroatoms. The van der Waals surface area contributed by atoms with Gasteiger partial charge in [-0.1, -0.05) is 24.3 Å². The Morgan fingerprint density at radius 1 is 1.17 bits per heavy atom. The van der Waals surface area contributed by atoms with E-state index in [1.165, 1.54) is 28.6 Å². The number of carbonyl (C=O) groups excluding carboxylic acids is 2. The Bertz CT molecular complexity index is 1300. The molecule has 4 rings (SSSR count). The minimum Gasteiger partial charge on any atom is -0.458 e. The second kappa shape index (κ2) is 9.84. The molecule has 0 saturated carbocycles. The number of hydrogen-bond donors (Lipinski definition) is 0. The second-order valence-electron chi connectivity index (χ2n) is 7.97. The van der Waals surface area contributed by atoms with E-state index in [0.29, 0.717) is 23.5 Å². The molecule has 0 N–H and O–H groups in total. The number of amides is 1. The van der Waals surface area contributed by atoms with E-state index in [4.69, 9.17) is 4.74 Å². The summed E-state index contributed by atoms with van der Waals surface area (Å²) >= 11 is 0. The number of nitrogens with zero attached hydrogens (tertiary/aromatic N) is 5. The number of carbonyl (C=O) groups is 2. The van der Waals surface area contributed by atoms with E-state index < -0.39 is 10.9 Å². The first-order valence-corrected chi connectivity index (χ1v) is 10.8. The number of hydrogen-bond acceptors (Lipinski definition) is 7. The Labute approximate surface area is 199 Å². The summed E-state index contributed by atoms with van der Waals surface area (Å²) in [6, 6.07) is 12.2. The fourth-order valence-electron chi connectivity index (χ4n) is 3.91. The van der Waals surface area contributed by atoms with Gasteiger partial charge in [0.05, 0.1) is 17.3 Å². The highest BCUT2D eigenvalue weighted by atomic mass is 19.1. The highest BCUT2D eigenvalue weighted by Gasteiger charge is 2.31. The smallest absolute Gasteiger partial charge is 0.342 e. The van der Waals surface area contributed by atoms with Crippen molar-refractivity contribution in [1.82, 2.24) is 14.6 Å². The first-order valence-electron chi connectivity index (χ1n) is 10.8. The van der Waals surface area contributed by atoms with Crippen LogP contribution in [0, 0.1) is 22.9 Å². The minimum absolute atomic E-state index is 0.0613. The van der Waals surface area contributed by atoms with Crippen molar-refractivity contribution >= 4 is 23.4 Å². The summed E-state index contributed by atoms with van der Waals surface area (Å²) in [5.41, 5.74) is 2.48. The lowest BCUT2D eigenvalue weighted by Gasteiger charge is -2.20. The van der Waals surface area contributed by atoms with Crippen LogP contribution in [0.2, 0.25) is 0 Å². The van der Waals surface area contributed by atoms with Crippen LogP contribution in [0.3, 0.4) is 0 Å². The zero-order valence-corrected chi connectivity index (χ0v) is 19.1. The molecule has 1 aromatic heterocycles. The van der Waals surface area contributed by atoms with Crippen LogP contribution in [0.25, 0.3) is 0 Å². The highest BCUT2D eigenvalue weighted by Crippen LogP contribution is 2.33. The predicted molar refractivity (Wildman–Crippen MR) is 123 cm³/mol. The third kappa shape index (κ3) is 5.08. The SMILES string of the molecule is CC(=O)N1N=C(c2ccc(F)cc2)CC1c1ccc(C(=O)OCCn2c([N+](=O)[O-])cnc2C)cc1. The van der Waals surface area contributed by atoms with Crippen LogP contribution in [0.4, 0.5) is 10.2 Å². The number of rotatable bonds is 7. The van der Waals surface area contributed by atoms with Gasteiger partial charge >= 0.3 is 11.8 Å². The molecule has 10 nitrogen and oxygen atoms in total. The third-order valence-corrected chi connectivity index (χ3v) is 5.71. The van der Waals surface area contributed by atoms with Crippen molar-refractivity contribution in [2.45, 2.75) is 32.9 Å². The predicted octanol–water partition coefficient (Wildman–Crippen LogP) is 3.79. The van der Waals surface area contributed by atoms with Crippen LogP contribution >= 0.6 is 0 Å². The maximum Gasteiger partial charge on any atom is 0.342 e. The number of esters is 1. The Balaban J connectivity index is 1.41. The lowest BCUT2D eigenvalue weighted by molar-refractivity contribution is -0.392. The van der Waals surface area contributed by atoms with Gasteiger partial charge in [-0.15, -0.1) is 0 Å². The van der Waals surface area contributed by atoms with Gasteiger partial charge in [-0.2, -0.15) is 5.10 Å². The Morgan fingerprint density at radius 3 is 2.49 bits per heavy atom. The molecule has 1 atom stereocenters. The van der Waals surface area contributed by atoms with Gasteiger partial charge in [-0.05, 0) is 40.3 Å². The average Bonchev–Trinajstić information content (AvgIpc) is 3.44. The lowest BCUT2D eigenvalue weighted by Crippen LogP contribution is -2.24. The van der Waals surface area contributed by atoms with Gasteiger partial charge in [0.25, 0.3) is 0 Å². The number of hydrazone groups is 1. The van der Waals surface area contributed by atoms with E-state index >= 15 is 0 Å². The molecule has 3 aromatic rings. The molecule has 0 bridgehead atoms. The maximum absolute atomic E-state index is 13.3. The van der Waals surface area contributed by atoms with Gasteiger partial charge in [0, 0.05) is 20.3 Å². The summed E-state index contributed by atoms with van der Waals surface area (Å²) in [4.78, 5) is 39.1. The van der Waals surface area contributed by atoms with E-state index in [0.717, 1.165) is 17.3 Å². The van der Waals surface area contributed by atoms with Crippen molar-refractivity contribution in [3.8, 4) is 0 Å². The molecule has 0 aliphatic carbocycles. The number of ether oxygens (including phenoxy) is 1. The van der Waals surface area contributed by atoms with Crippen LogP contribution in [-0.2, 0) is 16.1 Å². The first-order chi connectivity index (χ1) is 16.7. The fraction of sp³-hybridized carbons (Fsp3) is 0.250. The molecule has 0 fully saturated rings. The summed E-state index contributed by atoms with van der Waals surface area (Å²) < 4.78 is 19.9. The van der Waals surface area contributed by atoms with Gasteiger partial charge in [0.2, 0.25) is 5.91 Å². The van der Waals surface area contributed by atoms with E-state index in [2.05, 4.69) is 10.1 Å².